The Hall–Kier alpha value is -1.87. The van der Waals surface area contributed by atoms with Crippen molar-refractivity contribution in [3.8, 4) is 0 Å². The first-order chi connectivity index (χ1) is 18.2. The van der Waals surface area contributed by atoms with Crippen molar-refractivity contribution in [1.82, 2.24) is 0 Å². The fourth-order valence-electron chi connectivity index (χ4n) is 9.56. The van der Waals surface area contributed by atoms with E-state index in [-0.39, 0.29) is 37.1 Å². The Morgan fingerprint density at radius 1 is 1.10 bits per heavy atom. The van der Waals surface area contributed by atoms with Crippen LogP contribution in [0.1, 0.15) is 87.5 Å². The molecule has 8 nitrogen and oxygen atoms in total. The van der Waals surface area contributed by atoms with Crippen molar-refractivity contribution in [2.45, 2.75) is 111 Å². The number of fused-ring (bicyclic) bond motifs is 5. The number of esters is 1. The van der Waals surface area contributed by atoms with Crippen LogP contribution in [0.25, 0.3) is 0 Å². The molecular formula is C32H48O8. The second-order valence-corrected chi connectivity index (χ2v) is 14.7. The minimum Gasteiger partial charge on any atom is -0.456 e. The second-order valence-electron chi connectivity index (χ2n) is 14.7. The minimum atomic E-state index is -2.00. The quantitative estimate of drug-likeness (QED) is 0.220. The summed E-state index contributed by atoms with van der Waals surface area (Å²) in [6.07, 6.45) is 5.10. The van der Waals surface area contributed by atoms with Gasteiger partial charge in [0, 0.05) is 24.7 Å². The maximum atomic E-state index is 14.4. The maximum absolute atomic E-state index is 14.4. The van der Waals surface area contributed by atoms with Crippen LogP contribution in [0, 0.1) is 39.4 Å². The number of aliphatic hydroxyl groups excluding tert-OH is 3. The maximum Gasteiger partial charge on any atom is 0.303 e. The second kappa shape index (κ2) is 9.58. The molecule has 0 bridgehead atoms. The van der Waals surface area contributed by atoms with Gasteiger partial charge in [-0.25, -0.2) is 0 Å². The van der Waals surface area contributed by atoms with E-state index in [1.165, 1.54) is 26.0 Å². The van der Waals surface area contributed by atoms with Crippen molar-refractivity contribution in [3.05, 3.63) is 23.8 Å². The Balaban J connectivity index is 1.76. The Morgan fingerprint density at radius 2 is 1.73 bits per heavy atom. The lowest BCUT2D eigenvalue weighted by atomic mass is 9.38. The summed E-state index contributed by atoms with van der Waals surface area (Å²) in [7, 11) is 0. The minimum absolute atomic E-state index is 0.0150. The number of carbonyl (C=O) groups is 3. The Morgan fingerprint density at radius 3 is 2.30 bits per heavy atom. The topological polar surface area (TPSA) is 141 Å². The molecule has 40 heavy (non-hydrogen) atoms. The lowest BCUT2D eigenvalue weighted by molar-refractivity contribution is -0.191. The number of hydrogen-bond acceptors (Lipinski definition) is 8. The zero-order valence-electron chi connectivity index (χ0n) is 25.3. The highest BCUT2D eigenvalue weighted by Crippen LogP contribution is 2.74. The van der Waals surface area contributed by atoms with Gasteiger partial charge in [-0.3, -0.25) is 14.4 Å². The van der Waals surface area contributed by atoms with E-state index in [4.69, 9.17) is 4.74 Å². The van der Waals surface area contributed by atoms with Crippen LogP contribution in [0.15, 0.2) is 23.8 Å². The van der Waals surface area contributed by atoms with Gasteiger partial charge in [-0.2, -0.15) is 0 Å². The Kier molecular flexibility index (Phi) is 7.44. The van der Waals surface area contributed by atoms with Crippen LogP contribution in [0.4, 0.5) is 0 Å². The largest absolute Gasteiger partial charge is 0.456 e. The standard InChI is InChI=1S/C32H48O8/c1-18(34)40-27(2,3)14-13-24(37)31(8,39)26-21(35)15-29(6)22-11-9-19-20(10-12-23(36)28(19,4)5)32(22,17-33)25(38)16-30(26,29)7/h9,13-14,20-23,26,33,35-36,39H,10-12,15-17H2,1-8H3/b14-13+/t20?,21-,22?,23-,26?,29+,30-,31?,32+/m1/s1. The third kappa shape index (κ3) is 4.19. The van der Waals surface area contributed by atoms with Crippen molar-refractivity contribution < 1.29 is 39.5 Å². The highest BCUT2D eigenvalue weighted by atomic mass is 16.6. The molecule has 3 fully saturated rings. The van der Waals surface area contributed by atoms with E-state index in [0.717, 1.165) is 5.57 Å². The monoisotopic (exact) mass is 560 g/mol. The molecule has 8 heteroatoms. The van der Waals surface area contributed by atoms with Gasteiger partial charge in [0.1, 0.15) is 17.0 Å². The highest BCUT2D eigenvalue weighted by Gasteiger charge is 2.75. The van der Waals surface area contributed by atoms with Crippen LogP contribution >= 0.6 is 0 Å². The van der Waals surface area contributed by atoms with E-state index in [9.17, 15) is 34.8 Å². The summed E-state index contributed by atoms with van der Waals surface area (Å²) in [5, 5.41) is 45.1. The third-order valence-electron chi connectivity index (χ3n) is 11.7. The van der Waals surface area contributed by atoms with Crippen molar-refractivity contribution in [2.24, 2.45) is 39.4 Å². The van der Waals surface area contributed by atoms with E-state index < -0.39 is 62.7 Å². The number of allylic oxidation sites excluding steroid dienone is 1. The smallest absolute Gasteiger partial charge is 0.303 e. The number of carbonyl (C=O) groups excluding carboxylic acids is 3. The first kappa shape index (κ1) is 31.1. The lowest BCUT2D eigenvalue weighted by Gasteiger charge is -2.65. The van der Waals surface area contributed by atoms with Gasteiger partial charge in [-0.1, -0.05) is 39.3 Å². The Labute approximate surface area is 237 Å². The van der Waals surface area contributed by atoms with Crippen molar-refractivity contribution in [1.29, 1.82) is 0 Å². The molecule has 0 aromatic rings. The van der Waals surface area contributed by atoms with Gasteiger partial charge in [0.2, 0.25) is 0 Å². The van der Waals surface area contributed by atoms with Gasteiger partial charge in [0.25, 0.3) is 0 Å². The number of ketones is 2. The summed E-state index contributed by atoms with van der Waals surface area (Å²) in [6.45, 7) is 13.5. The zero-order valence-corrected chi connectivity index (χ0v) is 25.3. The SMILES string of the molecule is CC(=O)OC(C)(C)/C=C/C(=O)C(C)(O)C1[C@H](O)C[C@@]2(C)C3CC=C4C(CC[C@@H](O)C4(C)C)[C@]3(CO)C(=O)C[C@]12C. The number of hydrogen-bond donors (Lipinski definition) is 4. The van der Waals surface area contributed by atoms with Crippen LogP contribution in [-0.2, 0) is 19.1 Å². The lowest BCUT2D eigenvalue weighted by Crippen LogP contribution is -2.66. The molecule has 0 aromatic heterocycles. The summed E-state index contributed by atoms with van der Waals surface area (Å²) < 4.78 is 5.23. The van der Waals surface area contributed by atoms with E-state index >= 15 is 0 Å². The molecular weight excluding hydrogens is 512 g/mol. The van der Waals surface area contributed by atoms with E-state index in [1.807, 2.05) is 27.7 Å². The molecule has 224 valence electrons. The normalized spacial score (nSPS) is 42.4. The summed E-state index contributed by atoms with van der Waals surface area (Å²) in [4.78, 5) is 39.3. The van der Waals surface area contributed by atoms with E-state index in [0.29, 0.717) is 19.3 Å². The van der Waals surface area contributed by atoms with E-state index in [2.05, 4.69) is 6.08 Å². The van der Waals surface area contributed by atoms with Gasteiger partial charge in [-0.15, -0.1) is 0 Å². The Bertz CT molecular complexity index is 1150. The molecule has 4 unspecified atom stereocenters. The average molecular weight is 561 g/mol. The molecule has 0 spiro atoms. The van der Waals surface area contributed by atoms with Crippen molar-refractivity contribution in [2.75, 3.05) is 6.61 Å². The fraction of sp³-hybridized carbons (Fsp3) is 0.781. The van der Waals surface area contributed by atoms with Crippen molar-refractivity contribution in [3.63, 3.8) is 0 Å². The zero-order chi connectivity index (χ0) is 30.3. The molecule has 9 atom stereocenters. The molecule has 0 saturated heterocycles. The van der Waals surface area contributed by atoms with Gasteiger partial charge in [0.15, 0.2) is 5.78 Å². The predicted octanol–water partition coefficient (Wildman–Crippen LogP) is 3.29. The fourth-order valence-corrected chi connectivity index (χ4v) is 9.56. The van der Waals surface area contributed by atoms with Gasteiger partial charge >= 0.3 is 5.97 Å². The van der Waals surface area contributed by atoms with Crippen LogP contribution in [0.5, 0.6) is 0 Å². The average Bonchev–Trinajstić information content (AvgIpc) is 3.03. The highest BCUT2D eigenvalue weighted by molar-refractivity contribution is 5.97. The molecule has 3 saturated carbocycles. The summed E-state index contributed by atoms with van der Waals surface area (Å²) in [5.41, 5.74) is -5.21. The molecule has 0 heterocycles. The number of Topliss-reactive ketones (excluding diaryl/α,β-unsaturated/α-hetero) is 1. The number of rotatable bonds is 6. The number of ether oxygens (including phenoxy) is 1. The molecule has 0 amide bonds. The van der Waals surface area contributed by atoms with Gasteiger partial charge in [-0.05, 0) is 81.3 Å². The van der Waals surface area contributed by atoms with Crippen LogP contribution < -0.4 is 0 Å². The van der Waals surface area contributed by atoms with Crippen LogP contribution in [0.3, 0.4) is 0 Å². The molecule has 4 rings (SSSR count). The molecule has 4 aliphatic carbocycles. The number of aliphatic hydroxyl groups is 4. The summed E-state index contributed by atoms with van der Waals surface area (Å²) in [6, 6.07) is 0. The summed E-state index contributed by atoms with van der Waals surface area (Å²) in [5.74, 6) is -2.70. The molecule has 4 aliphatic rings. The molecule has 4 N–H and O–H groups in total. The predicted molar refractivity (Wildman–Crippen MR) is 149 cm³/mol. The van der Waals surface area contributed by atoms with Crippen molar-refractivity contribution >= 4 is 17.5 Å². The molecule has 0 radical (unpaired) electrons. The van der Waals surface area contributed by atoms with Crippen LogP contribution in [0.2, 0.25) is 0 Å². The first-order valence-electron chi connectivity index (χ1n) is 14.6. The van der Waals surface area contributed by atoms with Crippen LogP contribution in [-0.4, -0.2) is 68.0 Å². The van der Waals surface area contributed by atoms with Gasteiger partial charge < -0.3 is 25.2 Å². The molecule has 0 aliphatic heterocycles. The first-order valence-corrected chi connectivity index (χ1v) is 14.6. The van der Waals surface area contributed by atoms with E-state index in [1.54, 1.807) is 13.8 Å². The molecule has 0 aromatic carbocycles. The third-order valence-corrected chi connectivity index (χ3v) is 11.7. The van der Waals surface area contributed by atoms with Gasteiger partial charge in [0.05, 0.1) is 24.2 Å². The summed E-state index contributed by atoms with van der Waals surface area (Å²) >= 11 is 0.